The van der Waals surface area contributed by atoms with Crippen LogP contribution in [0.25, 0.3) is 0 Å². The number of sulfonamides is 1. The van der Waals surface area contributed by atoms with Crippen molar-refractivity contribution in [3.8, 4) is 17.2 Å². The lowest BCUT2D eigenvalue weighted by atomic mass is 10.2. The molecule has 0 saturated carbocycles. The minimum atomic E-state index is -3.75. The van der Waals surface area contributed by atoms with Crippen LogP contribution in [-0.2, 0) is 14.8 Å². The molecule has 0 atom stereocenters. The Morgan fingerprint density at radius 3 is 2.77 bits per heavy atom. The van der Waals surface area contributed by atoms with Crippen LogP contribution < -0.4 is 23.9 Å². The molecular formula is C20H23N3O6S. The van der Waals surface area contributed by atoms with E-state index in [1.807, 2.05) is 6.92 Å². The largest absolute Gasteiger partial charge is 0.495 e. The molecular weight excluding hydrogens is 410 g/mol. The average Bonchev–Trinajstić information content (AvgIpc) is 2.71. The van der Waals surface area contributed by atoms with E-state index >= 15 is 0 Å². The molecule has 2 aromatic rings. The Bertz CT molecular complexity index is 1070. The van der Waals surface area contributed by atoms with Crippen LogP contribution in [0, 0.1) is 6.92 Å². The predicted octanol–water partition coefficient (Wildman–Crippen LogP) is 1.69. The quantitative estimate of drug-likeness (QED) is 0.526. The van der Waals surface area contributed by atoms with Crippen molar-refractivity contribution in [1.82, 2.24) is 5.43 Å². The maximum absolute atomic E-state index is 12.4. The SMILES string of the molecule is COc1ccc(C)cc1N(CC(=O)N/N=C\c1cccc2c1OCCO2)S(C)(=O)=O. The highest BCUT2D eigenvalue weighted by molar-refractivity contribution is 7.92. The zero-order valence-corrected chi connectivity index (χ0v) is 17.7. The Morgan fingerprint density at radius 1 is 1.27 bits per heavy atom. The van der Waals surface area contributed by atoms with Gasteiger partial charge in [-0.1, -0.05) is 12.1 Å². The van der Waals surface area contributed by atoms with E-state index in [1.54, 1.807) is 36.4 Å². The third-order valence-electron chi connectivity index (χ3n) is 4.28. The molecule has 0 spiro atoms. The van der Waals surface area contributed by atoms with Gasteiger partial charge in [-0.25, -0.2) is 13.8 Å². The number of para-hydroxylation sites is 1. The zero-order valence-electron chi connectivity index (χ0n) is 16.9. The maximum Gasteiger partial charge on any atom is 0.260 e. The molecule has 160 valence electrons. The van der Waals surface area contributed by atoms with E-state index in [0.717, 1.165) is 16.1 Å². The molecule has 3 rings (SSSR count). The number of carbonyl (C=O) groups is 1. The van der Waals surface area contributed by atoms with Crippen LogP contribution in [0.2, 0.25) is 0 Å². The number of rotatable bonds is 7. The predicted molar refractivity (Wildman–Crippen MR) is 113 cm³/mol. The molecule has 1 heterocycles. The molecule has 10 heteroatoms. The van der Waals surface area contributed by atoms with Crippen molar-refractivity contribution < 1.29 is 27.4 Å². The fourth-order valence-electron chi connectivity index (χ4n) is 2.91. The fourth-order valence-corrected chi connectivity index (χ4v) is 3.77. The molecule has 0 aromatic heterocycles. The molecule has 0 fully saturated rings. The van der Waals surface area contributed by atoms with Crippen molar-refractivity contribution in [3.63, 3.8) is 0 Å². The number of methoxy groups -OCH3 is 1. The number of nitrogens with one attached hydrogen (secondary N) is 1. The number of hydrogen-bond acceptors (Lipinski definition) is 7. The molecule has 0 aliphatic carbocycles. The number of hydrazone groups is 1. The summed E-state index contributed by atoms with van der Waals surface area (Å²) in [6, 6.07) is 10.4. The van der Waals surface area contributed by atoms with Crippen LogP contribution in [0.3, 0.4) is 0 Å². The van der Waals surface area contributed by atoms with Crippen molar-refractivity contribution in [1.29, 1.82) is 0 Å². The summed E-state index contributed by atoms with van der Waals surface area (Å²) in [6.45, 7) is 2.25. The summed E-state index contributed by atoms with van der Waals surface area (Å²) in [7, 11) is -2.31. The lowest BCUT2D eigenvalue weighted by Crippen LogP contribution is -2.39. The van der Waals surface area contributed by atoms with Crippen LogP contribution in [0.1, 0.15) is 11.1 Å². The zero-order chi connectivity index (χ0) is 21.7. The fraction of sp³-hybridized carbons (Fsp3) is 0.300. The van der Waals surface area contributed by atoms with E-state index in [1.165, 1.54) is 13.3 Å². The average molecular weight is 433 g/mol. The van der Waals surface area contributed by atoms with E-state index in [9.17, 15) is 13.2 Å². The molecule has 30 heavy (non-hydrogen) atoms. The summed E-state index contributed by atoms with van der Waals surface area (Å²) >= 11 is 0. The van der Waals surface area contributed by atoms with Gasteiger partial charge >= 0.3 is 0 Å². The maximum atomic E-state index is 12.4. The van der Waals surface area contributed by atoms with E-state index < -0.39 is 22.5 Å². The van der Waals surface area contributed by atoms with Gasteiger partial charge in [-0.15, -0.1) is 0 Å². The number of hydrogen-bond donors (Lipinski definition) is 1. The van der Waals surface area contributed by atoms with Crippen LogP contribution in [0.15, 0.2) is 41.5 Å². The van der Waals surface area contributed by atoms with E-state index in [-0.39, 0.29) is 5.69 Å². The Morgan fingerprint density at radius 2 is 2.03 bits per heavy atom. The number of amides is 1. The molecule has 0 bridgehead atoms. The van der Waals surface area contributed by atoms with Crippen molar-refractivity contribution in [2.24, 2.45) is 5.10 Å². The minimum absolute atomic E-state index is 0.279. The van der Waals surface area contributed by atoms with Gasteiger partial charge in [0.15, 0.2) is 11.5 Å². The van der Waals surface area contributed by atoms with Crippen LogP contribution in [-0.4, -0.2) is 53.7 Å². The van der Waals surface area contributed by atoms with E-state index in [4.69, 9.17) is 14.2 Å². The summed E-state index contributed by atoms with van der Waals surface area (Å²) in [5, 5.41) is 3.93. The second-order valence-electron chi connectivity index (χ2n) is 6.61. The second-order valence-corrected chi connectivity index (χ2v) is 8.52. The van der Waals surface area contributed by atoms with Gasteiger partial charge in [0.05, 0.1) is 25.3 Å². The summed E-state index contributed by atoms with van der Waals surface area (Å²) in [5.74, 6) is 0.882. The normalized spacial score (nSPS) is 13.2. The standard InChI is InChI=1S/C20H23N3O6S/c1-14-7-8-17(27-2)16(11-14)23(30(3,25)26)13-19(24)22-21-12-15-5-4-6-18-20(15)29-10-9-28-18/h4-8,11-12H,9-10,13H2,1-3H3,(H,22,24)/b21-12-. The highest BCUT2D eigenvalue weighted by Crippen LogP contribution is 2.33. The Kier molecular flexibility index (Phi) is 6.46. The molecule has 1 aliphatic rings. The first kappa shape index (κ1) is 21.4. The number of benzene rings is 2. The van der Waals surface area contributed by atoms with Gasteiger partial charge in [0.1, 0.15) is 25.5 Å². The van der Waals surface area contributed by atoms with Gasteiger partial charge in [-0.2, -0.15) is 5.10 Å². The first-order valence-electron chi connectivity index (χ1n) is 9.12. The highest BCUT2D eigenvalue weighted by atomic mass is 32.2. The monoisotopic (exact) mass is 433 g/mol. The summed E-state index contributed by atoms with van der Waals surface area (Å²) in [6.07, 6.45) is 2.45. The second kappa shape index (κ2) is 9.04. The molecule has 9 nitrogen and oxygen atoms in total. The minimum Gasteiger partial charge on any atom is -0.495 e. The molecule has 0 unspecified atom stereocenters. The smallest absolute Gasteiger partial charge is 0.260 e. The van der Waals surface area contributed by atoms with E-state index in [0.29, 0.717) is 36.0 Å². The molecule has 2 aromatic carbocycles. The van der Waals surface area contributed by atoms with Gasteiger partial charge in [-0.3, -0.25) is 9.10 Å². The Hall–Kier alpha value is -3.27. The topological polar surface area (TPSA) is 107 Å². The molecule has 1 aliphatic heterocycles. The number of aryl methyl sites for hydroxylation is 1. The van der Waals surface area contributed by atoms with Crippen LogP contribution in [0.4, 0.5) is 5.69 Å². The number of anilines is 1. The van der Waals surface area contributed by atoms with Crippen molar-refractivity contribution >= 4 is 27.8 Å². The van der Waals surface area contributed by atoms with Crippen molar-refractivity contribution in [2.45, 2.75) is 6.92 Å². The van der Waals surface area contributed by atoms with Crippen LogP contribution in [0.5, 0.6) is 17.2 Å². The lowest BCUT2D eigenvalue weighted by Gasteiger charge is -2.23. The summed E-state index contributed by atoms with van der Waals surface area (Å²) in [5.41, 5.74) is 4.09. The Labute approximate surface area is 175 Å². The Balaban J connectivity index is 1.75. The third-order valence-corrected chi connectivity index (χ3v) is 5.41. The van der Waals surface area contributed by atoms with E-state index in [2.05, 4.69) is 10.5 Å². The molecule has 1 amide bonds. The van der Waals surface area contributed by atoms with Gasteiger partial charge < -0.3 is 14.2 Å². The van der Waals surface area contributed by atoms with Crippen molar-refractivity contribution in [3.05, 3.63) is 47.5 Å². The molecule has 0 saturated heterocycles. The summed E-state index contributed by atoms with van der Waals surface area (Å²) in [4.78, 5) is 12.4. The van der Waals surface area contributed by atoms with Gasteiger partial charge in [-0.05, 0) is 36.8 Å². The van der Waals surface area contributed by atoms with Gasteiger partial charge in [0, 0.05) is 5.56 Å². The number of ether oxygens (including phenoxy) is 3. The number of nitrogens with zero attached hydrogens (tertiary/aromatic N) is 2. The highest BCUT2D eigenvalue weighted by Gasteiger charge is 2.24. The summed E-state index contributed by atoms with van der Waals surface area (Å²) < 4.78 is 42.0. The first-order valence-corrected chi connectivity index (χ1v) is 11.0. The third kappa shape index (κ3) is 5.01. The number of fused-ring (bicyclic) bond motifs is 1. The first-order chi connectivity index (χ1) is 14.3. The van der Waals surface area contributed by atoms with Gasteiger partial charge in [0.25, 0.3) is 5.91 Å². The van der Waals surface area contributed by atoms with Crippen molar-refractivity contribution in [2.75, 3.05) is 37.4 Å². The molecule has 1 N–H and O–H groups in total. The lowest BCUT2D eigenvalue weighted by molar-refractivity contribution is -0.119. The van der Waals surface area contributed by atoms with Crippen LogP contribution >= 0.6 is 0 Å². The van der Waals surface area contributed by atoms with Gasteiger partial charge in [0.2, 0.25) is 10.0 Å². The molecule has 0 radical (unpaired) electrons. The number of carbonyl (C=O) groups excluding carboxylic acids is 1.